The third-order valence-corrected chi connectivity index (χ3v) is 2.83. The van der Waals surface area contributed by atoms with Crippen LogP contribution in [0.4, 0.5) is 0 Å². The fourth-order valence-corrected chi connectivity index (χ4v) is 1.60. The lowest BCUT2D eigenvalue weighted by Gasteiger charge is -2.20. The highest BCUT2D eigenvalue weighted by molar-refractivity contribution is 4.72. The van der Waals surface area contributed by atoms with Crippen molar-refractivity contribution in [3.05, 3.63) is 0 Å². The van der Waals surface area contributed by atoms with Crippen molar-refractivity contribution in [3.63, 3.8) is 0 Å². The zero-order valence-electron chi connectivity index (χ0n) is 8.12. The minimum Gasteiger partial charge on any atom is -0.393 e. The van der Waals surface area contributed by atoms with Gasteiger partial charge >= 0.3 is 0 Å². The van der Waals surface area contributed by atoms with E-state index in [0.29, 0.717) is 12.0 Å². The fourth-order valence-electron chi connectivity index (χ4n) is 1.60. The number of ether oxygens (including phenoxy) is 1. The van der Waals surface area contributed by atoms with E-state index in [1.807, 2.05) is 0 Å². The molecule has 3 atom stereocenters. The summed E-state index contributed by atoms with van der Waals surface area (Å²) >= 11 is 0. The second-order valence-corrected chi connectivity index (χ2v) is 3.82. The van der Waals surface area contributed by atoms with Crippen LogP contribution < -0.4 is 0 Å². The van der Waals surface area contributed by atoms with E-state index in [-0.39, 0.29) is 6.10 Å². The average molecular weight is 172 g/mol. The quantitative estimate of drug-likeness (QED) is 0.702. The lowest BCUT2D eigenvalue weighted by molar-refractivity contribution is 0.0303. The van der Waals surface area contributed by atoms with E-state index in [9.17, 15) is 5.11 Å². The van der Waals surface area contributed by atoms with Gasteiger partial charge in [0.1, 0.15) is 0 Å². The van der Waals surface area contributed by atoms with E-state index in [1.165, 1.54) is 0 Å². The first-order valence-corrected chi connectivity index (χ1v) is 5.03. The van der Waals surface area contributed by atoms with Gasteiger partial charge in [0.2, 0.25) is 0 Å². The molecule has 2 heteroatoms. The van der Waals surface area contributed by atoms with E-state index in [2.05, 4.69) is 13.8 Å². The number of aliphatic hydroxyl groups excluding tert-OH is 1. The maximum absolute atomic E-state index is 9.70. The largest absolute Gasteiger partial charge is 0.393 e. The Bertz CT molecular complexity index is 119. The van der Waals surface area contributed by atoms with Gasteiger partial charge in [-0.15, -0.1) is 0 Å². The molecule has 12 heavy (non-hydrogen) atoms. The first kappa shape index (κ1) is 10.0. The maximum Gasteiger partial charge on any atom is 0.0600 e. The smallest absolute Gasteiger partial charge is 0.0600 e. The summed E-state index contributed by atoms with van der Waals surface area (Å²) < 4.78 is 5.46. The van der Waals surface area contributed by atoms with Crippen LogP contribution in [-0.2, 0) is 4.74 Å². The van der Waals surface area contributed by atoms with Crippen LogP contribution in [0.3, 0.4) is 0 Å². The predicted molar refractivity (Wildman–Crippen MR) is 49.1 cm³/mol. The monoisotopic (exact) mass is 172 g/mol. The molecule has 1 saturated heterocycles. The predicted octanol–water partition coefficient (Wildman–Crippen LogP) is 1.96. The van der Waals surface area contributed by atoms with Crippen LogP contribution in [0.2, 0.25) is 0 Å². The van der Waals surface area contributed by atoms with Crippen molar-refractivity contribution in [1.82, 2.24) is 0 Å². The number of hydrogen-bond acceptors (Lipinski definition) is 2. The van der Waals surface area contributed by atoms with Gasteiger partial charge in [-0.1, -0.05) is 20.3 Å². The van der Waals surface area contributed by atoms with E-state index in [4.69, 9.17) is 4.74 Å². The van der Waals surface area contributed by atoms with Crippen molar-refractivity contribution in [3.8, 4) is 0 Å². The van der Waals surface area contributed by atoms with Crippen LogP contribution in [0, 0.1) is 5.92 Å². The summed E-state index contributed by atoms with van der Waals surface area (Å²) in [7, 11) is 0. The Morgan fingerprint density at radius 3 is 2.83 bits per heavy atom. The van der Waals surface area contributed by atoms with E-state index in [1.54, 1.807) is 0 Å². The molecule has 0 aromatic rings. The van der Waals surface area contributed by atoms with Crippen LogP contribution in [0.15, 0.2) is 0 Å². The third kappa shape index (κ3) is 2.76. The Kier molecular flexibility index (Phi) is 4.02. The van der Waals surface area contributed by atoms with Crippen molar-refractivity contribution in [1.29, 1.82) is 0 Å². The first-order chi connectivity index (χ1) is 5.74. The lowest BCUT2D eigenvalue weighted by Crippen LogP contribution is -2.23. The highest BCUT2D eigenvalue weighted by Gasteiger charge is 2.21. The van der Waals surface area contributed by atoms with Gasteiger partial charge in [-0.2, -0.15) is 0 Å². The summed E-state index contributed by atoms with van der Waals surface area (Å²) in [5.41, 5.74) is 0. The molecular formula is C10H20O2. The van der Waals surface area contributed by atoms with Gasteiger partial charge in [0, 0.05) is 6.61 Å². The summed E-state index contributed by atoms with van der Waals surface area (Å²) in [5.74, 6) is 0.411. The van der Waals surface area contributed by atoms with Crippen LogP contribution in [0.5, 0.6) is 0 Å². The minimum atomic E-state index is -0.168. The molecule has 0 saturated carbocycles. The number of rotatable bonds is 4. The van der Waals surface area contributed by atoms with Crippen LogP contribution in [0.1, 0.15) is 39.5 Å². The molecule has 1 heterocycles. The van der Waals surface area contributed by atoms with Crippen LogP contribution >= 0.6 is 0 Å². The molecule has 0 bridgehead atoms. The van der Waals surface area contributed by atoms with E-state index in [0.717, 1.165) is 32.3 Å². The minimum absolute atomic E-state index is 0.168. The fraction of sp³-hybridized carbons (Fsp3) is 1.00. The molecule has 2 nitrogen and oxygen atoms in total. The van der Waals surface area contributed by atoms with Gasteiger partial charge in [0.15, 0.2) is 0 Å². The molecule has 0 spiro atoms. The molecule has 1 aliphatic rings. The lowest BCUT2D eigenvalue weighted by atomic mass is 9.96. The molecule has 0 radical (unpaired) electrons. The molecule has 1 aliphatic heterocycles. The standard InChI is InChI=1S/C10H20O2/c1-3-8(2)10(11)7-9-5-4-6-12-9/h8-11H,3-7H2,1-2H3. The number of hydrogen-bond donors (Lipinski definition) is 1. The number of aliphatic hydroxyl groups is 1. The molecular weight excluding hydrogens is 152 g/mol. The highest BCUT2D eigenvalue weighted by Crippen LogP contribution is 2.21. The molecule has 0 amide bonds. The Balaban J connectivity index is 2.19. The zero-order chi connectivity index (χ0) is 8.97. The molecule has 72 valence electrons. The van der Waals surface area contributed by atoms with Crippen LogP contribution in [0.25, 0.3) is 0 Å². The SMILES string of the molecule is CCC(C)C(O)CC1CCCO1. The maximum atomic E-state index is 9.70. The Hall–Kier alpha value is -0.0800. The van der Waals surface area contributed by atoms with Crippen molar-refractivity contribution < 1.29 is 9.84 Å². The van der Waals surface area contributed by atoms with Crippen molar-refractivity contribution in [2.24, 2.45) is 5.92 Å². The van der Waals surface area contributed by atoms with E-state index < -0.39 is 0 Å². The first-order valence-electron chi connectivity index (χ1n) is 5.03. The topological polar surface area (TPSA) is 29.5 Å². The second-order valence-electron chi connectivity index (χ2n) is 3.82. The van der Waals surface area contributed by atoms with Gasteiger partial charge in [-0.25, -0.2) is 0 Å². The summed E-state index contributed by atoms with van der Waals surface area (Å²) in [6.45, 7) is 5.10. The second kappa shape index (κ2) is 4.83. The van der Waals surface area contributed by atoms with Crippen LogP contribution in [-0.4, -0.2) is 23.9 Å². The average Bonchev–Trinajstić information content (AvgIpc) is 2.55. The van der Waals surface area contributed by atoms with Gasteiger partial charge < -0.3 is 9.84 Å². The van der Waals surface area contributed by atoms with Crippen molar-refractivity contribution >= 4 is 0 Å². The van der Waals surface area contributed by atoms with E-state index >= 15 is 0 Å². The molecule has 0 aliphatic carbocycles. The Morgan fingerprint density at radius 2 is 2.33 bits per heavy atom. The summed E-state index contributed by atoms with van der Waals surface area (Å²) in [6, 6.07) is 0. The molecule has 1 rings (SSSR count). The molecule has 0 aromatic carbocycles. The Labute approximate surface area is 74.9 Å². The van der Waals surface area contributed by atoms with Gasteiger partial charge in [0.05, 0.1) is 12.2 Å². The highest BCUT2D eigenvalue weighted by atomic mass is 16.5. The molecule has 3 unspecified atom stereocenters. The zero-order valence-corrected chi connectivity index (χ0v) is 8.12. The van der Waals surface area contributed by atoms with Gasteiger partial charge in [-0.05, 0) is 25.2 Å². The van der Waals surface area contributed by atoms with Gasteiger partial charge in [0.25, 0.3) is 0 Å². The third-order valence-electron chi connectivity index (χ3n) is 2.83. The van der Waals surface area contributed by atoms with Gasteiger partial charge in [-0.3, -0.25) is 0 Å². The molecule has 1 fully saturated rings. The Morgan fingerprint density at radius 1 is 1.58 bits per heavy atom. The molecule has 0 aromatic heterocycles. The molecule has 1 N–H and O–H groups in total. The summed E-state index contributed by atoms with van der Waals surface area (Å²) in [5, 5.41) is 9.70. The summed E-state index contributed by atoms with van der Waals surface area (Å²) in [6.07, 6.45) is 4.33. The van der Waals surface area contributed by atoms with Crippen molar-refractivity contribution in [2.45, 2.75) is 51.7 Å². The normalized spacial score (nSPS) is 28.8. The van der Waals surface area contributed by atoms with Crippen molar-refractivity contribution in [2.75, 3.05) is 6.61 Å². The summed E-state index contributed by atoms with van der Waals surface area (Å²) in [4.78, 5) is 0.